The van der Waals surface area contributed by atoms with E-state index in [4.69, 9.17) is 0 Å². The van der Waals surface area contributed by atoms with Crippen LogP contribution in [0.3, 0.4) is 0 Å². The van der Waals surface area contributed by atoms with E-state index in [0.29, 0.717) is 29.4 Å². The van der Waals surface area contributed by atoms with Crippen molar-refractivity contribution in [2.24, 2.45) is 29.6 Å². The van der Waals surface area contributed by atoms with Crippen LogP contribution in [0, 0.1) is 29.6 Å². The highest BCUT2D eigenvalue weighted by molar-refractivity contribution is 6.22. The van der Waals surface area contributed by atoms with Gasteiger partial charge in [-0.2, -0.15) is 0 Å². The molecule has 3 amide bonds. The van der Waals surface area contributed by atoms with Gasteiger partial charge < -0.3 is 9.88 Å². The van der Waals surface area contributed by atoms with E-state index in [1.165, 1.54) is 51.5 Å². The van der Waals surface area contributed by atoms with E-state index in [1.807, 2.05) is 28.8 Å². The van der Waals surface area contributed by atoms with Crippen molar-refractivity contribution < 1.29 is 9.59 Å². The molecule has 0 radical (unpaired) electrons. The summed E-state index contributed by atoms with van der Waals surface area (Å²) in [5.41, 5.74) is -0.00634. The first-order valence-electron chi connectivity index (χ1n) is 16.0. The maximum Gasteiger partial charge on any atom is 0.331 e. The van der Waals surface area contributed by atoms with Gasteiger partial charge in [0.1, 0.15) is 5.54 Å². The molecule has 1 aromatic carbocycles. The lowest BCUT2D eigenvalue weighted by molar-refractivity contribution is -0.121. The van der Waals surface area contributed by atoms with Crippen molar-refractivity contribution in [3.63, 3.8) is 0 Å². The average Bonchev–Trinajstić information content (AvgIpc) is 3.13. The fourth-order valence-electron chi connectivity index (χ4n) is 9.58. The number of hydrogen-bond acceptors (Lipinski definition) is 5. The second-order valence-electron chi connectivity index (χ2n) is 14.7. The van der Waals surface area contributed by atoms with Gasteiger partial charge in [-0.25, -0.2) is 14.7 Å². The number of urea groups is 1. The summed E-state index contributed by atoms with van der Waals surface area (Å²) >= 11 is 0. The Bertz CT molecular complexity index is 1400. The van der Waals surface area contributed by atoms with Crippen LogP contribution < -0.4 is 15.8 Å². The van der Waals surface area contributed by atoms with E-state index in [1.54, 1.807) is 13.8 Å². The second-order valence-corrected chi connectivity index (χ2v) is 14.7. The third kappa shape index (κ3) is 4.52. The molecule has 1 N–H and O–H groups in total. The molecule has 0 spiro atoms. The number of rotatable bonds is 4. The normalized spacial score (nSPS) is 36.9. The van der Waals surface area contributed by atoms with Gasteiger partial charge in [0.2, 0.25) is 5.82 Å². The average molecular weight is 560 g/mol. The third-order valence-electron chi connectivity index (χ3n) is 11.3. The lowest BCUT2D eigenvalue weighted by Crippen LogP contribution is -2.60. The van der Waals surface area contributed by atoms with Crippen molar-refractivity contribution in [3.05, 3.63) is 34.6 Å². The van der Waals surface area contributed by atoms with Gasteiger partial charge in [0.05, 0.1) is 11.0 Å². The summed E-state index contributed by atoms with van der Waals surface area (Å²) in [6.07, 6.45) is 11.5. The van der Waals surface area contributed by atoms with Gasteiger partial charge >= 0.3 is 6.03 Å². The number of anilines is 1. The number of hydrogen-bond donors (Lipinski definition) is 1. The van der Waals surface area contributed by atoms with Gasteiger partial charge in [0.15, 0.2) is 0 Å². The number of aromatic nitrogens is 2. The van der Waals surface area contributed by atoms with Gasteiger partial charge in [0, 0.05) is 24.7 Å². The summed E-state index contributed by atoms with van der Waals surface area (Å²) in [6.45, 7) is 9.31. The van der Waals surface area contributed by atoms with Crippen LogP contribution in [0.2, 0.25) is 0 Å². The minimum Gasteiger partial charge on any atom is -0.323 e. The number of amides is 3. The van der Waals surface area contributed by atoms with Crippen LogP contribution in [0.25, 0.3) is 11.0 Å². The number of nitrogens with zero attached hydrogens (tertiary/aromatic N) is 4. The fourth-order valence-corrected chi connectivity index (χ4v) is 9.58. The van der Waals surface area contributed by atoms with Crippen LogP contribution in [-0.2, 0) is 4.79 Å². The summed E-state index contributed by atoms with van der Waals surface area (Å²) in [4.78, 5) is 48.8. The molecule has 3 aliphatic heterocycles. The van der Waals surface area contributed by atoms with E-state index in [0.717, 1.165) is 41.0 Å². The largest absolute Gasteiger partial charge is 0.331 e. The van der Waals surface area contributed by atoms with Crippen molar-refractivity contribution in [2.75, 3.05) is 11.4 Å². The second kappa shape index (κ2) is 9.92. The molecule has 2 aliphatic carbocycles. The van der Waals surface area contributed by atoms with Crippen LogP contribution >= 0.6 is 0 Å². The lowest BCUT2D eigenvalue weighted by atomic mass is 9.66. The van der Waals surface area contributed by atoms with Crippen molar-refractivity contribution in [1.29, 1.82) is 0 Å². The van der Waals surface area contributed by atoms with Gasteiger partial charge in [-0.15, -0.1) is 0 Å². The summed E-state index contributed by atoms with van der Waals surface area (Å²) in [6, 6.07) is 7.92. The molecule has 7 rings (SSSR count). The highest BCUT2D eigenvalue weighted by Gasteiger charge is 2.49. The Morgan fingerprint density at radius 3 is 2.20 bits per heavy atom. The van der Waals surface area contributed by atoms with Crippen LogP contribution in [0.4, 0.5) is 10.6 Å². The maximum atomic E-state index is 14.3. The summed E-state index contributed by atoms with van der Waals surface area (Å²) in [5.74, 6) is 3.23. The molecule has 2 unspecified atom stereocenters. The zero-order valence-electron chi connectivity index (χ0n) is 25.0. The predicted molar refractivity (Wildman–Crippen MR) is 160 cm³/mol. The Morgan fingerprint density at radius 1 is 0.902 bits per heavy atom. The van der Waals surface area contributed by atoms with Crippen LogP contribution in [0.15, 0.2) is 29.1 Å². The molecule has 5 fully saturated rings. The number of piperidine rings is 2. The SMILES string of the molecule is C[C@@H]1C[C@H](C)[C@H]2CC(n3c(=O)c(N4C(=O)NC(C)(C)C4=O)nc4ccccc43)C[C@@H]1N2CC1C[C@H]2CCC[C@@H](C1)C2. The number of carbonyl (C=O) groups is 2. The van der Waals surface area contributed by atoms with E-state index < -0.39 is 17.5 Å². The number of carbonyl (C=O) groups excluding carboxylic acids is 2. The molecule has 2 saturated carbocycles. The van der Waals surface area contributed by atoms with Crippen molar-refractivity contribution in [2.45, 2.75) is 109 Å². The molecule has 2 aromatic rings. The molecule has 8 heteroatoms. The van der Waals surface area contributed by atoms with Crippen LogP contribution in [0.5, 0.6) is 0 Å². The molecule has 3 saturated heterocycles. The van der Waals surface area contributed by atoms with E-state index in [9.17, 15) is 14.4 Å². The highest BCUT2D eigenvalue weighted by atomic mass is 16.2. The molecule has 5 aliphatic rings. The number of nitrogens with one attached hydrogen (secondary N) is 1. The van der Waals surface area contributed by atoms with Crippen molar-refractivity contribution >= 4 is 28.8 Å². The first kappa shape index (κ1) is 27.1. The van der Waals surface area contributed by atoms with E-state index in [-0.39, 0.29) is 17.4 Å². The topological polar surface area (TPSA) is 87.5 Å². The van der Waals surface area contributed by atoms with Gasteiger partial charge in [-0.1, -0.05) is 45.2 Å². The van der Waals surface area contributed by atoms with Gasteiger partial charge in [-0.05, 0) is 94.1 Å². The monoisotopic (exact) mass is 559 g/mol. The molecule has 4 heterocycles. The Morgan fingerprint density at radius 2 is 1.56 bits per heavy atom. The molecule has 8 atom stereocenters. The van der Waals surface area contributed by atoms with E-state index >= 15 is 0 Å². The zero-order valence-corrected chi connectivity index (χ0v) is 25.0. The van der Waals surface area contributed by atoms with Crippen LogP contribution in [0.1, 0.15) is 91.5 Å². The molecule has 4 bridgehead atoms. The van der Waals surface area contributed by atoms with E-state index in [2.05, 4.69) is 29.0 Å². The number of imide groups is 1. The molecular weight excluding hydrogens is 514 g/mol. The standard InChI is InChI=1S/C33H45N5O3/c1-19-12-20(2)28-17-24(16-27(19)36(28)18-23-14-21-8-7-9-22(13-21)15-23)37-26-11-6-5-10-25(26)34-29(30(37)39)38-31(40)33(3,4)35-32(38)41/h5-6,10-11,19-24,27-28H,7-9,12-18H2,1-4H3,(H,35,41)/t19-,20+,21-,22+,23?,24?,27+,28-. The first-order valence-corrected chi connectivity index (χ1v) is 16.0. The van der Waals surface area contributed by atoms with Crippen molar-refractivity contribution in [3.8, 4) is 0 Å². The molecular formula is C33H45N5O3. The van der Waals surface area contributed by atoms with Gasteiger partial charge in [-0.3, -0.25) is 14.5 Å². The number of benzene rings is 1. The Balaban J connectivity index is 1.25. The maximum absolute atomic E-state index is 14.3. The van der Waals surface area contributed by atoms with Gasteiger partial charge in [0.25, 0.3) is 11.5 Å². The number of fused-ring (bicyclic) bond motifs is 5. The number of para-hydroxylation sites is 2. The summed E-state index contributed by atoms with van der Waals surface area (Å²) in [7, 11) is 0. The minimum atomic E-state index is -1.08. The zero-order chi connectivity index (χ0) is 28.6. The molecule has 1 aromatic heterocycles. The Kier molecular flexibility index (Phi) is 6.56. The summed E-state index contributed by atoms with van der Waals surface area (Å²) < 4.78 is 1.89. The quantitative estimate of drug-likeness (QED) is 0.500. The first-order chi connectivity index (χ1) is 19.6. The fraction of sp³-hybridized carbons (Fsp3) is 0.697. The molecule has 8 nitrogen and oxygen atoms in total. The molecule has 220 valence electrons. The summed E-state index contributed by atoms with van der Waals surface area (Å²) in [5, 5.41) is 2.71. The van der Waals surface area contributed by atoms with Crippen molar-refractivity contribution in [1.82, 2.24) is 19.8 Å². The molecule has 41 heavy (non-hydrogen) atoms. The Labute approximate surface area is 242 Å². The lowest BCUT2D eigenvalue weighted by Gasteiger charge is -2.56. The van der Waals surface area contributed by atoms with Crippen LogP contribution in [-0.4, -0.2) is 50.6 Å². The third-order valence-corrected chi connectivity index (χ3v) is 11.3. The predicted octanol–water partition coefficient (Wildman–Crippen LogP) is 5.50. The Hall–Kier alpha value is -2.74. The minimum absolute atomic E-state index is 0.00915. The highest BCUT2D eigenvalue weighted by Crippen LogP contribution is 2.48. The smallest absolute Gasteiger partial charge is 0.323 e.